The van der Waals surface area contributed by atoms with Crippen molar-refractivity contribution in [3.05, 3.63) is 101 Å². The van der Waals surface area contributed by atoms with E-state index in [1.165, 1.54) is 36.4 Å². The Morgan fingerprint density at radius 1 is 0.806 bits per heavy atom. The topological polar surface area (TPSA) is 35.0 Å². The first-order valence-electron chi connectivity index (χ1n) is 11.8. The van der Waals surface area contributed by atoms with Crippen LogP contribution < -0.4 is 4.74 Å². The number of unbranched alkanes of at least 4 members (excludes halogenated alkanes) is 2. The molecule has 3 aromatic carbocycles. The minimum atomic E-state index is -0.947. The maximum Gasteiger partial charge on any atom is 0.166 e. The van der Waals surface area contributed by atoms with Gasteiger partial charge >= 0.3 is 0 Å². The van der Waals surface area contributed by atoms with E-state index in [0.717, 1.165) is 25.3 Å². The van der Waals surface area contributed by atoms with Gasteiger partial charge in [-0.15, -0.1) is 0 Å². The largest absolute Gasteiger partial charge is 0.490 e. The highest BCUT2D eigenvalue weighted by Crippen LogP contribution is 2.22. The van der Waals surface area contributed by atoms with Gasteiger partial charge in [0.25, 0.3) is 0 Å². The molecule has 1 aromatic heterocycles. The van der Waals surface area contributed by atoms with E-state index in [1.54, 1.807) is 12.4 Å². The molecule has 184 valence electrons. The molecule has 0 atom stereocenters. The molecule has 0 aliphatic carbocycles. The molecule has 4 aromatic rings. The van der Waals surface area contributed by atoms with Crippen LogP contribution in [-0.4, -0.2) is 16.6 Å². The summed E-state index contributed by atoms with van der Waals surface area (Å²) < 4.78 is 62.1. The molecule has 4 rings (SSSR count). The highest BCUT2D eigenvalue weighted by atomic mass is 19.2. The summed E-state index contributed by atoms with van der Waals surface area (Å²) >= 11 is 0. The molecule has 0 spiro atoms. The first kappa shape index (κ1) is 25.2. The lowest BCUT2D eigenvalue weighted by Crippen LogP contribution is -2.02. The molecular formula is C29H24F4N2O. The fraction of sp³-hybridized carbons (Fsp3) is 0.241. The van der Waals surface area contributed by atoms with Gasteiger partial charge in [-0.3, -0.25) is 0 Å². The van der Waals surface area contributed by atoms with Crippen molar-refractivity contribution in [1.82, 2.24) is 9.97 Å². The van der Waals surface area contributed by atoms with E-state index in [9.17, 15) is 17.6 Å². The van der Waals surface area contributed by atoms with Crippen LogP contribution in [0.2, 0.25) is 0 Å². The number of hydrogen-bond donors (Lipinski definition) is 0. The van der Waals surface area contributed by atoms with Gasteiger partial charge in [0, 0.05) is 17.4 Å². The van der Waals surface area contributed by atoms with E-state index in [-0.39, 0.29) is 10.9 Å². The molecule has 36 heavy (non-hydrogen) atoms. The fourth-order valence-corrected chi connectivity index (χ4v) is 3.71. The van der Waals surface area contributed by atoms with Crippen LogP contribution in [0.3, 0.4) is 0 Å². The van der Waals surface area contributed by atoms with Crippen LogP contribution >= 0.6 is 0 Å². The third-order valence-corrected chi connectivity index (χ3v) is 5.68. The van der Waals surface area contributed by atoms with Crippen LogP contribution in [0.4, 0.5) is 17.6 Å². The number of benzene rings is 3. The standard InChI is InChI=1S/C29H24F4N2O/c1-2-3-4-13-36-22-17-34-28(35-18-22)12-7-20-15-26(31)24(27(32)16-20)10-6-19-5-9-23-21(14-19)8-11-25(30)29(23)33/h5,8-9,11,14-18H,2-4,7,12-13H2,1H3. The summed E-state index contributed by atoms with van der Waals surface area (Å²) in [6.07, 6.45) is 7.16. The molecule has 0 aliphatic heterocycles. The Morgan fingerprint density at radius 2 is 1.56 bits per heavy atom. The van der Waals surface area contributed by atoms with Crippen molar-refractivity contribution < 1.29 is 22.3 Å². The average Bonchev–Trinajstić information content (AvgIpc) is 2.88. The molecule has 3 nitrogen and oxygen atoms in total. The predicted octanol–water partition coefficient (Wildman–Crippen LogP) is 6.94. The maximum absolute atomic E-state index is 14.6. The Morgan fingerprint density at radius 3 is 2.28 bits per heavy atom. The minimum Gasteiger partial charge on any atom is -0.490 e. The lowest BCUT2D eigenvalue weighted by Gasteiger charge is -2.06. The van der Waals surface area contributed by atoms with Crippen molar-refractivity contribution in [2.75, 3.05) is 6.61 Å². The maximum atomic E-state index is 14.6. The zero-order valence-corrected chi connectivity index (χ0v) is 19.8. The number of rotatable bonds is 8. The van der Waals surface area contributed by atoms with Gasteiger partial charge < -0.3 is 4.74 Å². The molecule has 0 aliphatic rings. The Balaban J connectivity index is 1.41. The lowest BCUT2D eigenvalue weighted by molar-refractivity contribution is 0.303. The summed E-state index contributed by atoms with van der Waals surface area (Å²) in [6, 6.07) is 9.34. The minimum absolute atomic E-state index is 0.111. The number of aryl methyl sites for hydroxylation is 2. The monoisotopic (exact) mass is 492 g/mol. The van der Waals surface area contributed by atoms with Crippen LogP contribution in [0.1, 0.15) is 48.7 Å². The molecule has 0 bridgehead atoms. The van der Waals surface area contributed by atoms with Crippen molar-refractivity contribution >= 4 is 10.8 Å². The normalized spacial score (nSPS) is 10.8. The number of hydrogen-bond acceptors (Lipinski definition) is 3. The smallest absolute Gasteiger partial charge is 0.166 e. The number of nitrogens with zero attached hydrogens (tertiary/aromatic N) is 2. The summed E-state index contributed by atoms with van der Waals surface area (Å²) in [5.74, 6) is 2.91. The van der Waals surface area contributed by atoms with Gasteiger partial charge in [-0.25, -0.2) is 27.5 Å². The number of aromatic nitrogens is 2. The van der Waals surface area contributed by atoms with Crippen LogP contribution in [0.5, 0.6) is 5.75 Å². The number of fused-ring (bicyclic) bond motifs is 1. The van der Waals surface area contributed by atoms with Crippen LogP contribution in [-0.2, 0) is 12.8 Å². The molecule has 0 amide bonds. The molecular weight excluding hydrogens is 468 g/mol. The second-order valence-electron chi connectivity index (χ2n) is 8.37. The third kappa shape index (κ3) is 6.19. The predicted molar refractivity (Wildman–Crippen MR) is 131 cm³/mol. The van der Waals surface area contributed by atoms with E-state index < -0.39 is 23.3 Å². The van der Waals surface area contributed by atoms with Crippen molar-refractivity contribution in [2.45, 2.75) is 39.0 Å². The van der Waals surface area contributed by atoms with Gasteiger partial charge in [0.2, 0.25) is 0 Å². The molecule has 0 N–H and O–H groups in total. The number of ether oxygens (including phenoxy) is 1. The van der Waals surface area contributed by atoms with Crippen LogP contribution in [0.15, 0.2) is 54.9 Å². The molecule has 0 unspecified atom stereocenters. The molecule has 0 saturated carbocycles. The van der Waals surface area contributed by atoms with Gasteiger partial charge in [0.15, 0.2) is 17.4 Å². The van der Waals surface area contributed by atoms with Crippen molar-refractivity contribution in [3.8, 4) is 17.6 Å². The lowest BCUT2D eigenvalue weighted by atomic mass is 10.0. The first-order chi connectivity index (χ1) is 17.4. The van der Waals surface area contributed by atoms with E-state index >= 15 is 0 Å². The quantitative estimate of drug-likeness (QED) is 0.152. The third-order valence-electron chi connectivity index (χ3n) is 5.68. The summed E-state index contributed by atoms with van der Waals surface area (Å²) in [4.78, 5) is 8.52. The van der Waals surface area contributed by atoms with Gasteiger partial charge in [-0.2, -0.15) is 0 Å². The van der Waals surface area contributed by atoms with E-state index in [1.807, 2.05) is 0 Å². The fourth-order valence-electron chi connectivity index (χ4n) is 3.71. The number of halogens is 4. The first-order valence-corrected chi connectivity index (χ1v) is 11.8. The van der Waals surface area contributed by atoms with Crippen LogP contribution in [0, 0.1) is 35.1 Å². The SMILES string of the molecule is CCCCCOc1cnc(CCc2cc(F)c(C#Cc3ccc4c(F)c(F)ccc4c3)c(F)c2)nc1. The Kier molecular flexibility index (Phi) is 8.17. The Hall–Kier alpha value is -3.92. The zero-order valence-electron chi connectivity index (χ0n) is 19.8. The second-order valence-corrected chi connectivity index (χ2v) is 8.37. The molecule has 0 saturated heterocycles. The highest BCUT2D eigenvalue weighted by Gasteiger charge is 2.11. The average molecular weight is 493 g/mol. The van der Waals surface area contributed by atoms with Crippen molar-refractivity contribution in [3.63, 3.8) is 0 Å². The molecule has 7 heteroatoms. The Bertz CT molecular complexity index is 1400. The highest BCUT2D eigenvalue weighted by molar-refractivity contribution is 5.84. The van der Waals surface area contributed by atoms with Gasteiger partial charge in [-0.05, 0) is 54.1 Å². The summed E-state index contributed by atoms with van der Waals surface area (Å²) in [7, 11) is 0. The second kappa shape index (κ2) is 11.7. The van der Waals surface area contributed by atoms with Gasteiger partial charge in [0.05, 0.1) is 24.6 Å². The van der Waals surface area contributed by atoms with E-state index in [0.29, 0.717) is 47.5 Å². The summed E-state index contributed by atoms with van der Waals surface area (Å²) in [6.45, 7) is 2.74. The summed E-state index contributed by atoms with van der Waals surface area (Å²) in [5, 5.41) is 0.552. The molecule has 0 fully saturated rings. The summed E-state index contributed by atoms with van der Waals surface area (Å²) in [5.41, 5.74) is 0.526. The van der Waals surface area contributed by atoms with Gasteiger partial charge in [0.1, 0.15) is 17.5 Å². The van der Waals surface area contributed by atoms with Gasteiger partial charge in [-0.1, -0.05) is 43.7 Å². The van der Waals surface area contributed by atoms with Crippen LogP contribution in [0.25, 0.3) is 10.8 Å². The Labute approximate surface area is 207 Å². The molecule has 0 radical (unpaired) electrons. The van der Waals surface area contributed by atoms with Crippen molar-refractivity contribution in [2.24, 2.45) is 0 Å². The zero-order chi connectivity index (χ0) is 25.5. The van der Waals surface area contributed by atoms with E-state index in [4.69, 9.17) is 4.74 Å². The molecule has 1 heterocycles. The van der Waals surface area contributed by atoms with E-state index in [2.05, 4.69) is 28.7 Å². The van der Waals surface area contributed by atoms with Crippen molar-refractivity contribution in [1.29, 1.82) is 0 Å².